The number of sulfone groups is 2. The predicted molar refractivity (Wildman–Crippen MR) is 188 cm³/mol. The van der Waals surface area contributed by atoms with Crippen LogP contribution in [0.2, 0.25) is 0 Å². The molecular weight excluding hydrogens is 641 g/mol. The molecule has 0 radical (unpaired) electrons. The Hall–Kier alpha value is -5.18. The SMILES string of the molecule is Cc1ccc(S(=O)(=O)c2ccc(Oc3ccc(-c4ccc(Oc5ccc(S(=O)(=O)c6ccc(C(C)C)cc6)cc5)cc4)cc3)cc2)cc1. The molecule has 242 valence electrons. The molecule has 6 aromatic rings. The number of hydrogen-bond donors (Lipinski definition) is 0. The Morgan fingerprint density at radius 3 is 0.979 bits per heavy atom. The predicted octanol–water partition coefficient (Wildman–Crippen LogP) is 10.0. The molecule has 0 aliphatic rings. The van der Waals surface area contributed by atoms with E-state index in [1.54, 1.807) is 84.9 Å². The van der Waals surface area contributed by atoms with Gasteiger partial charge in [0.2, 0.25) is 19.7 Å². The highest BCUT2D eigenvalue weighted by Crippen LogP contribution is 2.31. The molecule has 0 spiro atoms. The summed E-state index contributed by atoms with van der Waals surface area (Å²) in [5.74, 6) is 2.61. The van der Waals surface area contributed by atoms with Gasteiger partial charge in [-0.2, -0.15) is 0 Å². The molecule has 6 rings (SSSR count). The first kappa shape index (κ1) is 32.7. The van der Waals surface area contributed by atoms with Gasteiger partial charge in [-0.15, -0.1) is 0 Å². The van der Waals surface area contributed by atoms with Crippen LogP contribution in [0.5, 0.6) is 23.0 Å². The Bertz CT molecular complexity index is 2220. The van der Waals surface area contributed by atoms with E-state index in [1.807, 2.05) is 67.6 Å². The van der Waals surface area contributed by atoms with Gasteiger partial charge in [-0.1, -0.05) is 67.9 Å². The maximum Gasteiger partial charge on any atom is 0.206 e. The smallest absolute Gasteiger partial charge is 0.206 e. The molecule has 0 saturated carbocycles. The van der Waals surface area contributed by atoms with E-state index in [0.29, 0.717) is 28.9 Å². The highest BCUT2D eigenvalue weighted by Gasteiger charge is 2.19. The number of ether oxygens (including phenoxy) is 2. The van der Waals surface area contributed by atoms with E-state index in [0.717, 1.165) is 22.3 Å². The summed E-state index contributed by atoms with van der Waals surface area (Å²) in [5.41, 5.74) is 4.03. The van der Waals surface area contributed by atoms with Crippen LogP contribution in [0.15, 0.2) is 165 Å². The third-order valence-electron chi connectivity index (χ3n) is 7.97. The van der Waals surface area contributed by atoms with E-state index in [-0.39, 0.29) is 19.6 Å². The maximum absolute atomic E-state index is 13.1. The maximum atomic E-state index is 13.1. The summed E-state index contributed by atoms with van der Waals surface area (Å²) in [6, 6.07) is 41.8. The molecule has 48 heavy (non-hydrogen) atoms. The van der Waals surface area contributed by atoms with Crippen LogP contribution in [-0.4, -0.2) is 16.8 Å². The minimum Gasteiger partial charge on any atom is -0.457 e. The Morgan fingerprint density at radius 2 is 0.667 bits per heavy atom. The standard InChI is InChI=1S/C40H34O6S2/c1-28(2)30-10-22-38(23-11-30)48(43,44)40-26-18-36(19-27-40)46-34-14-8-32(9-15-34)31-6-12-33(13-7-31)45-35-16-24-39(25-17-35)47(41,42)37-20-4-29(3)5-21-37/h4-28H,1-3H3. The monoisotopic (exact) mass is 674 g/mol. The summed E-state index contributed by atoms with van der Waals surface area (Å²) in [6.07, 6.45) is 0. The van der Waals surface area contributed by atoms with Crippen molar-refractivity contribution >= 4 is 19.7 Å². The minimum absolute atomic E-state index is 0.203. The Labute approximate surface area is 282 Å². The first-order valence-electron chi connectivity index (χ1n) is 15.4. The second-order valence-corrected chi connectivity index (χ2v) is 15.6. The van der Waals surface area contributed by atoms with E-state index in [1.165, 1.54) is 0 Å². The van der Waals surface area contributed by atoms with Crippen LogP contribution in [0.4, 0.5) is 0 Å². The summed E-state index contributed by atoms with van der Waals surface area (Å²) in [6.45, 7) is 6.05. The molecule has 0 aliphatic carbocycles. The number of hydrogen-bond acceptors (Lipinski definition) is 6. The molecule has 0 fully saturated rings. The molecular formula is C40H34O6S2. The van der Waals surface area contributed by atoms with Gasteiger partial charge in [0.25, 0.3) is 0 Å². The average molecular weight is 675 g/mol. The first-order chi connectivity index (χ1) is 23.0. The lowest BCUT2D eigenvalue weighted by Gasteiger charge is -2.10. The lowest BCUT2D eigenvalue weighted by Crippen LogP contribution is -2.02. The van der Waals surface area contributed by atoms with Gasteiger partial charge in [0.1, 0.15) is 23.0 Å². The molecule has 6 nitrogen and oxygen atoms in total. The van der Waals surface area contributed by atoms with Crippen molar-refractivity contribution in [3.8, 4) is 34.1 Å². The zero-order valence-electron chi connectivity index (χ0n) is 26.7. The third-order valence-corrected chi connectivity index (χ3v) is 11.5. The number of benzene rings is 6. The van der Waals surface area contributed by atoms with Crippen LogP contribution in [-0.2, 0) is 19.7 Å². The van der Waals surface area contributed by atoms with Crippen molar-refractivity contribution in [3.63, 3.8) is 0 Å². The third kappa shape index (κ3) is 7.20. The molecule has 8 heteroatoms. The largest absolute Gasteiger partial charge is 0.457 e. The van der Waals surface area contributed by atoms with Gasteiger partial charge >= 0.3 is 0 Å². The van der Waals surface area contributed by atoms with Gasteiger partial charge in [0.15, 0.2) is 0 Å². The van der Waals surface area contributed by atoms with Crippen molar-refractivity contribution in [1.29, 1.82) is 0 Å². The van der Waals surface area contributed by atoms with Crippen LogP contribution in [0.3, 0.4) is 0 Å². The molecule has 0 amide bonds. The van der Waals surface area contributed by atoms with Gasteiger partial charge in [-0.05, 0) is 127 Å². The fraction of sp³-hybridized carbons (Fsp3) is 0.100. The van der Waals surface area contributed by atoms with E-state index in [9.17, 15) is 16.8 Å². The van der Waals surface area contributed by atoms with E-state index in [4.69, 9.17) is 9.47 Å². The van der Waals surface area contributed by atoms with Crippen molar-refractivity contribution in [2.75, 3.05) is 0 Å². The second kappa shape index (κ2) is 13.5. The van der Waals surface area contributed by atoms with Crippen LogP contribution in [0, 0.1) is 6.92 Å². The van der Waals surface area contributed by atoms with Crippen molar-refractivity contribution in [1.82, 2.24) is 0 Å². The molecule has 0 heterocycles. The fourth-order valence-corrected chi connectivity index (χ4v) is 7.62. The molecule has 0 atom stereocenters. The van der Waals surface area contributed by atoms with Gasteiger partial charge < -0.3 is 9.47 Å². The summed E-state index contributed by atoms with van der Waals surface area (Å²) < 4.78 is 64.0. The van der Waals surface area contributed by atoms with Gasteiger partial charge in [-0.3, -0.25) is 0 Å². The van der Waals surface area contributed by atoms with Crippen LogP contribution in [0.1, 0.15) is 30.9 Å². The summed E-state index contributed by atoms with van der Waals surface area (Å²) in [5, 5.41) is 0. The molecule has 0 saturated heterocycles. The van der Waals surface area contributed by atoms with E-state index < -0.39 is 19.7 Å². The molecule has 0 bridgehead atoms. The van der Waals surface area contributed by atoms with Crippen molar-refractivity contribution in [3.05, 3.63) is 157 Å². The molecule has 0 unspecified atom stereocenters. The highest BCUT2D eigenvalue weighted by molar-refractivity contribution is 7.91. The van der Waals surface area contributed by atoms with Crippen LogP contribution >= 0.6 is 0 Å². The molecule has 0 aromatic heterocycles. The topological polar surface area (TPSA) is 86.7 Å². The molecule has 6 aromatic carbocycles. The first-order valence-corrected chi connectivity index (χ1v) is 18.4. The van der Waals surface area contributed by atoms with Gasteiger partial charge in [0, 0.05) is 0 Å². The van der Waals surface area contributed by atoms with Crippen molar-refractivity contribution in [2.45, 2.75) is 46.3 Å². The summed E-state index contributed by atoms with van der Waals surface area (Å²) in [7, 11) is -7.24. The van der Waals surface area contributed by atoms with Crippen LogP contribution in [0.25, 0.3) is 11.1 Å². The molecule has 0 aliphatic heterocycles. The normalized spacial score (nSPS) is 11.8. The zero-order valence-corrected chi connectivity index (χ0v) is 28.3. The van der Waals surface area contributed by atoms with Gasteiger partial charge in [-0.25, -0.2) is 16.8 Å². The fourth-order valence-electron chi connectivity index (χ4n) is 5.10. The zero-order chi connectivity index (χ0) is 33.9. The number of rotatable bonds is 10. The Kier molecular flexibility index (Phi) is 9.22. The minimum atomic E-state index is -3.63. The van der Waals surface area contributed by atoms with Crippen molar-refractivity contribution in [2.24, 2.45) is 0 Å². The van der Waals surface area contributed by atoms with Crippen LogP contribution < -0.4 is 9.47 Å². The lowest BCUT2D eigenvalue weighted by atomic mass is 10.0. The highest BCUT2D eigenvalue weighted by atomic mass is 32.2. The average Bonchev–Trinajstić information content (AvgIpc) is 3.10. The Balaban J connectivity index is 1.07. The lowest BCUT2D eigenvalue weighted by molar-refractivity contribution is 0.481. The Morgan fingerprint density at radius 1 is 0.396 bits per heavy atom. The summed E-state index contributed by atoms with van der Waals surface area (Å²) >= 11 is 0. The van der Waals surface area contributed by atoms with E-state index >= 15 is 0 Å². The van der Waals surface area contributed by atoms with Gasteiger partial charge in [0.05, 0.1) is 19.6 Å². The van der Waals surface area contributed by atoms with Crippen molar-refractivity contribution < 1.29 is 26.3 Å². The second-order valence-electron chi connectivity index (χ2n) is 11.7. The number of aryl methyl sites for hydroxylation is 1. The molecule has 0 N–H and O–H groups in total. The quantitative estimate of drug-likeness (QED) is 0.144. The van der Waals surface area contributed by atoms with E-state index in [2.05, 4.69) is 13.8 Å². The summed E-state index contributed by atoms with van der Waals surface area (Å²) in [4.78, 5) is 0.923.